The number of amides is 2. The number of hydrogen-bond donors (Lipinski definition) is 2. The van der Waals surface area contributed by atoms with Gasteiger partial charge in [-0.2, -0.15) is 0 Å². The number of aromatic nitrogens is 2. The number of benzene rings is 2. The van der Waals surface area contributed by atoms with Crippen LogP contribution < -0.4 is 10.6 Å². The van der Waals surface area contributed by atoms with E-state index in [-0.39, 0.29) is 23.3 Å². The van der Waals surface area contributed by atoms with Gasteiger partial charge in [-0.15, -0.1) is 0 Å². The number of hydrogen-bond acceptors (Lipinski definition) is 3. The van der Waals surface area contributed by atoms with Gasteiger partial charge < -0.3 is 10.6 Å². The molecule has 4 aromatic rings. The van der Waals surface area contributed by atoms with Crippen LogP contribution in [0.4, 0.5) is 11.4 Å². The Balaban J connectivity index is 1.67. The first-order valence-electron chi connectivity index (χ1n) is 9.65. The van der Waals surface area contributed by atoms with E-state index in [0.29, 0.717) is 16.9 Å². The zero-order chi connectivity index (χ0) is 21.3. The summed E-state index contributed by atoms with van der Waals surface area (Å²) in [7, 11) is 0. The van der Waals surface area contributed by atoms with E-state index in [9.17, 15) is 9.59 Å². The third-order valence-electron chi connectivity index (χ3n) is 4.76. The van der Waals surface area contributed by atoms with E-state index in [4.69, 9.17) is 0 Å². The van der Waals surface area contributed by atoms with Crippen LogP contribution in [0.1, 0.15) is 37.8 Å². The van der Waals surface area contributed by atoms with Crippen LogP contribution in [0.25, 0.3) is 5.52 Å². The molecule has 0 saturated heterocycles. The van der Waals surface area contributed by atoms with E-state index in [1.807, 2.05) is 69.3 Å². The molecule has 0 unspecified atom stereocenters. The van der Waals surface area contributed by atoms with Crippen LogP contribution in [-0.4, -0.2) is 21.2 Å². The van der Waals surface area contributed by atoms with E-state index in [1.165, 1.54) is 0 Å². The van der Waals surface area contributed by atoms with E-state index >= 15 is 0 Å². The lowest BCUT2D eigenvalue weighted by Crippen LogP contribution is -2.16. The van der Waals surface area contributed by atoms with Gasteiger partial charge in [-0.1, -0.05) is 29.8 Å². The largest absolute Gasteiger partial charge is 0.321 e. The molecule has 30 heavy (non-hydrogen) atoms. The minimum atomic E-state index is -0.379. The predicted octanol–water partition coefficient (Wildman–Crippen LogP) is 4.76. The molecule has 2 aromatic heterocycles. The second-order valence-corrected chi connectivity index (χ2v) is 7.39. The zero-order valence-corrected chi connectivity index (χ0v) is 17.1. The highest BCUT2D eigenvalue weighted by Crippen LogP contribution is 2.19. The van der Waals surface area contributed by atoms with Crippen LogP contribution in [0.5, 0.6) is 0 Å². The summed E-state index contributed by atoms with van der Waals surface area (Å²) in [6, 6.07) is 18.7. The van der Waals surface area contributed by atoms with Crippen molar-refractivity contribution in [3.05, 3.63) is 95.1 Å². The molecule has 0 aliphatic rings. The van der Waals surface area contributed by atoms with Gasteiger partial charge in [0.25, 0.3) is 11.8 Å². The fourth-order valence-corrected chi connectivity index (χ4v) is 3.43. The summed E-state index contributed by atoms with van der Waals surface area (Å²) in [4.78, 5) is 30.2. The number of nitrogens with one attached hydrogen (secondary N) is 2. The molecule has 2 amide bonds. The van der Waals surface area contributed by atoms with Gasteiger partial charge in [0.1, 0.15) is 0 Å². The van der Waals surface area contributed by atoms with Gasteiger partial charge in [0.05, 0.1) is 5.52 Å². The SMILES string of the molecule is Cc1ccc(NC(=O)c2nc(C(=O)Nc3cc(C)cc(C)c3)n3ccccc23)cc1. The Morgan fingerprint density at radius 3 is 2.13 bits per heavy atom. The van der Waals surface area contributed by atoms with E-state index in [1.54, 1.807) is 22.7 Å². The molecular weight excluding hydrogens is 376 g/mol. The normalized spacial score (nSPS) is 10.8. The van der Waals surface area contributed by atoms with Crippen LogP contribution in [0, 0.1) is 20.8 Å². The maximum absolute atomic E-state index is 13.0. The van der Waals surface area contributed by atoms with Crippen LogP contribution >= 0.6 is 0 Å². The van der Waals surface area contributed by atoms with Crippen molar-refractivity contribution >= 4 is 28.7 Å². The second kappa shape index (κ2) is 7.83. The predicted molar refractivity (Wildman–Crippen MR) is 118 cm³/mol. The van der Waals surface area contributed by atoms with Crippen molar-refractivity contribution in [2.24, 2.45) is 0 Å². The second-order valence-electron chi connectivity index (χ2n) is 7.39. The number of rotatable bonds is 4. The third-order valence-corrected chi connectivity index (χ3v) is 4.76. The van der Waals surface area contributed by atoms with Gasteiger partial charge in [0.2, 0.25) is 5.82 Å². The molecule has 0 radical (unpaired) electrons. The molecule has 150 valence electrons. The molecule has 0 fully saturated rings. The summed E-state index contributed by atoms with van der Waals surface area (Å²) >= 11 is 0. The minimum absolute atomic E-state index is 0.152. The first-order chi connectivity index (χ1) is 14.4. The van der Waals surface area contributed by atoms with Crippen molar-refractivity contribution in [2.75, 3.05) is 10.6 Å². The number of imidazole rings is 1. The third kappa shape index (κ3) is 3.93. The quantitative estimate of drug-likeness (QED) is 0.520. The van der Waals surface area contributed by atoms with Gasteiger partial charge in [-0.25, -0.2) is 4.98 Å². The lowest BCUT2D eigenvalue weighted by molar-refractivity contribution is 0.101. The lowest BCUT2D eigenvalue weighted by Gasteiger charge is -2.07. The van der Waals surface area contributed by atoms with Gasteiger partial charge >= 0.3 is 0 Å². The Bertz CT molecular complexity index is 1240. The summed E-state index contributed by atoms with van der Waals surface area (Å²) in [5.41, 5.74) is 5.33. The molecule has 0 bridgehead atoms. The first-order valence-corrected chi connectivity index (χ1v) is 9.65. The van der Waals surface area contributed by atoms with Gasteiger partial charge in [-0.3, -0.25) is 14.0 Å². The van der Waals surface area contributed by atoms with E-state index in [2.05, 4.69) is 15.6 Å². The lowest BCUT2D eigenvalue weighted by atomic mass is 10.1. The van der Waals surface area contributed by atoms with Gasteiger partial charge in [0, 0.05) is 17.6 Å². The first kappa shape index (κ1) is 19.4. The Kier molecular flexibility index (Phi) is 5.06. The Hall–Kier alpha value is -3.93. The summed E-state index contributed by atoms with van der Waals surface area (Å²) in [5, 5.41) is 5.73. The number of carbonyl (C=O) groups excluding carboxylic acids is 2. The molecule has 2 heterocycles. The number of anilines is 2. The number of carbonyl (C=O) groups is 2. The standard InChI is InChI=1S/C24H22N4O2/c1-15-7-9-18(10-8-15)25-23(29)21-20-6-4-5-11-28(20)22(27-21)24(30)26-19-13-16(2)12-17(3)14-19/h4-14H,1-3H3,(H,25,29)(H,26,30). The van der Waals surface area contributed by atoms with Crippen LogP contribution in [0.3, 0.4) is 0 Å². The molecule has 6 heteroatoms. The molecule has 0 atom stereocenters. The smallest absolute Gasteiger partial charge is 0.292 e. The van der Waals surface area contributed by atoms with Crippen molar-refractivity contribution in [1.29, 1.82) is 0 Å². The summed E-state index contributed by atoms with van der Waals surface area (Å²) < 4.78 is 1.63. The molecule has 0 spiro atoms. The fraction of sp³-hybridized carbons (Fsp3) is 0.125. The van der Waals surface area contributed by atoms with Crippen molar-refractivity contribution in [2.45, 2.75) is 20.8 Å². The maximum Gasteiger partial charge on any atom is 0.292 e. The highest BCUT2D eigenvalue weighted by atomic mass is 16.2. The maximum atomic E-state index is 13.0. The van der Waals surface area contributed by atoms with Crippen LogP contribution in [-0.2, 0) is 0 Å². The zero-order valence-electron chi connectivity index (χ0n) is 17.1. The average Bonchev–Trinajstić information content (AvgIpc) is 3.09. The van der Waals surface area contributed by atoms with E-state index < -0.39 is 0 Å². The summed E-state index contributed by atoms with van der Waals surface area (Å²) in [6.07, 6.45) is 1.72. The molecular formula is C24H22N4O2. The number of pyridine rings is 1. The number of nitrogens with zero attached hydrogens (tertiary/aromatic N) is 2. The van der Waals surface area contributed by atoms with E-state index in [0.717, 1.165) is 16.7 Å². The molecule has 2 N–H and O–H groups in total. The molecule has 0 saturated carbocycles. The average molecular weight is 398 g/mol. The topological polar surface area (TPSA) is 75.5 Å². The molecule has 2 aromatic carbocycles. The molecule has 0 aliphatic heterocycles. The Morgan fingerprint density at radius 1 is 0.767 bits per heavy atom. The Morgan fingerprint density at radius 2 is 1.43 bits per heavy atom. The molecule has 0 aliphatic carbocycles. The van der Waals surface area contributed by atoms with Gasteiger partial charge in [0.15, 0.2) is 5.69 Å². The van der Waals surface area contributed by atoms with Crippen molar-refractivity contribution in [3.8, 4) is 0 Å². The minimum Gasteiger partial charge on any atom is -0.321 e. The highest BCUT2D eigenvalue weighted by molar-refractivity contribution is 6.10. The number of aryl methyl sites for hydroxylation is 3. The van der Waals surface area contributed by atoms with Crippen molar-refractivity contribution < 1.29 is 9.59 Å². The van der Waals surface area contributed by atoms with Crippen molar-refractivity contribution in [3.63, 3.8) is 0 Å². The monoisotopic (exact) mass is 398 g/mol. The fourth-order valence-electron chi connectivity index (χ4n) is 3.43. The van der Waals surface area contributed by atoms with Gasteiger partial charge in [-0.05, 0) is 68.3 Å². The molecule has 4 rings (SSSR count). The van der Waals surface area contributed by atoms with Crippen LogP contribution in [0.15, 0.2) is 66.9 Å². The van der Waals surface area contributed by atoms with Crippen LogP contribution in [0.2, 0.25) is 0 Å². The summed E-state index contributed by atoms with van der Waals surface area (Å²) in [5.74, 6) is -0.595. The molecule has 6 nitrogen and oxygen atoms in total. The van der Waals surface area contributed by atoms with Crippen molar-refractivity contribution in [1.82, 2.24) is 9.38 Å². The number of fused-ring (bicyclic) bond motifs is 1. The highest BCUT2D eigenvalue weighted by Gasteiger charge is 2.21. The summed E-state index contributed by atoms with van der Waals surface area (Å²) in [6.45, 7) is 5.93. The Labute approximate surface area is 174 Å².